The molecule has 0 radical (unpaired) electrons. The zero-order chi connectivity index (χ0) is 26.9. The third-order valence-electron chi connectivity index (χ3n) is 7.05. The largest absolute Gasteiger partial charge is 0.456 e. The molecule has 0 N–H and O–H groups in total. The Morgan fingerprint density at radius 3 is 1.43 bits per heavy atom. The van der Waals surface area contributed by atoms with E-state index in [2.05, 4.69) is 147 Å². The molecule has 0 aliphatic heterocycles. The van der Waals surface area contributed by atoms with Gasteiger partial charge in [0.1, 0.15) is 11.2 Å². The van der Waals surface area contributed by atoms with Gasteiger partial charge in [0.2, 0.25) is 0 Å². The van der Waals surface area contributed by atoms with Gasteiger partial charge in [-0.25, -0.2) is 0 Å². The van der Waals surface area contributed by atoms with Crippen molar-refractivity contribution in [2.45, 2.75) is 0 Å². The van der Waals surface area contributed by atoms with Gasteiger partial charge >= 0.3 is 0 Å². The van der Waals surface area contributed by atoms with Crippen molar-refractivity contribution in [1.82, 2.24) is 0 Å². The number of nitrogens with zero attached hydrogens (tertiary/aromatic N) is 2. The van der Waals surface area contributed by atoms with Crippen molar-refractivity contribution in [3.05, 3.63) is 156 Å². The van der Waals surface area contributed by atoms with E-state index in [1.54, 1.807) is 0 Å². The van der Waals surface area contributed by atoms with Crippen LogP contribution in [-0.4, -0.2) is 0 Å². The third-order valence-corrected chi connectivity index (χ3v) is 7.51. The van der Waals surface area contributed by atoms with Crippen LogP contribution in [-0.2, 0) is 0 Å². The molecule has 6 aromatic carbocycles. The maximum Gasteiger partial charge on any atom is 0.137 e. The SMILES string of the molecule is Brc1cc(N(c2ccccc2)c2ccccc2)cc(N(c2ccccc2)c2ccc3c(c2)oc2ccccc23)c1. The van der Waals surface area contributed by atoms with Crippen LogP contribution in [0.3, 0.4) is 0 Å². The number of fused-ring (bicyclic) bond motifs is 3. The number of para-hydroxylation sites is 4. The molecule has 3 nitrogen and oxygen atoms in total. The highest BCUT2D eigenvalue weighted by Crippen LogP contribution is 2.43. The highest BCUT2D eigenvalue weighted by atomic mass is 79.9. The first-order chi connectivity index (χ1) is 19.7. The first-order valence-corrected chi connectivity index (χ1v) is 14.0. The van der Waals surface area contributed by atoms with Crippen LogP contribution in [0.2, 0.25) is 0 Å². The molecule has 0 aliphatic rings. The topological polar surface area (TPSA) is 19.6 Å². The van der Waals surface area contributed by atoms with Crippen molar-refractivity contribution < 1.29 is 4.42 Å². The van der Waals surface area contributed by atoms with E-state index in [0.717, 1.165) is 60.5 Å². The second-order valence-electron chi connectivity index (χ2n) is 9.62. The van der Waals surface area contributed by atoms with Gasteiger partial charge in [-0.2, -0.15) is 0 Å². The van der Waals surface area contributed by atoms with E-state index in [9.17, 15) is 0 Å². The second-order valence-corrected chi connectivity index (χ2v) is 10.5. The number of hydrogen-bond donors (Lipinski definition) is 0. The molecule has 0 saturated carbocycles. The Morgan fingerprint density at radius 2 is 0.850 bits per heavy atom. The molecular weight excluding hydrogens is 556 g/mol. The summed E-state index contributed by atoms with van der Waals surface area (Å²) < 4.78 is 7.26. The number of benzene rings is 6. The maximum absolute atomic E-state index is 6.27. The minimum Gasteiger partial charge on any atom is -0.456 e. The minimum absolute atomic E-state index is 0.866. The molecule has 0 amide bonds. The molecule has 192 valence electrons. The summed E-state index contributed by atoms with van der Waals surface area (Å²) in [5.74, 6) is 0. The van der Waals surface area contributed by atoms with Crippen LogP contribution in [0.25, 0.3) is 21.9 Å². The minimum atomic E-state index is 0.866. The van der Waals surface area contributed by atoms with E-state index in [1.165, 1.54) is 0 Å². The smallest absolute Gasteiger partial charge is 0.137 e. The van der Waals surface area contributed by atoms with E-state index < -0.39 is 0 Å². The molecule has 0 bridgehead atoms. The van der Waals surface area contributed by atoms with Gasteiger partial charge in [0.25, 0.3) is 0 Å². The van der Waals surface area contributed by atoms with Crippen molar-refractivity contribution in [2.75, 3.05) is 9.80 Å². The van der Waals surface area contributed by atoms with Gasteiger partial charge in [-0.1, -0.05) is 88.7 Å². The monoisotopic (exact) mass is 580 g/mol. The lowest BCUT2D eigenvalue weighted by Gasteiger charge is -2.29. The molecule has 7 aromatic rings. The molecular formula is C36H25BrN2O. The average molecular weight is 582 g/mol. The summed E-state index contributed by atoms with van der Waals surface area (Å²) in [6.07, 6.45) is 0. The lowest BCUT2D eigenvalue weighted by Crippen LogP contribution is -2.13. The van der Waals surface area contributed by atoms with Crippen molar-refractivity contribution in [3.8, 4) is 0 Å². The molecule has 40 heavy (non-hydrogen) atoms. The maximum atomic E-state index is 6.27. The van der Waals surface area contributed by atoms with Crippen LogP contribution in [0.15, 0.2) is 161 Å². The molecule has 0 saturated heterocycles. The molecule has 0 spiro atoms. The van der Waals surface area contributed by atoms with Gasteiger partial charge in [0.05, 0.1) is 0 Å². The Balaban J connectivity index is 1.42. The summed E-state index contributed by atoms with van der Waals surface area (Å²) in [6, 6.07) is 52.6. The van der Waals surface area contributed by atoms with Crippen LogP contribution in [0.1, 0.15) is 0 Å². The normalized spacial score (nSPS) is 11.1. The predicted molar refractivity (Wildman–Crippen MR) is 171 cm³/mol. The molecule has 0 aliphatic carbocycles. The fourth-order valence-electron chi connectivity index (χ4n) is 5.30. The van der Waals surface area contributed by atoms with Gasteiger partial charge in [-0.3, -0.25) is 0 Å². The van der Waals surface area contributed by atoms with Crippen molar-refractivity contribution >= 4 is 72.0 Å². The summed E-state index contributed by atoms with van der Waals surface area (Å²) >= 11 is 3.83. The fourth-order valence-corrected chi connectivity index (χ4v) is 5.77. The quantitative estimate of drug-likeness (QED) is 0.195. The number of hydrogen-bond acceptors (Lipinski definition) is 3. The van der Waals surface area contributed by atoms with Crippen LogP contribution < -0.4 is 9.80 Å². The van der Waals surface area contributed by atoms with Crippen molar-refractivity contribution in [1.29, 1.82) is 0 Å². The Bertz CT molecular complexity index is 1880. The Labute approximate surface area is 241 Å². The van der Waals surface area contributed by atoms with Crippen LogP contribution in [0.4, 0.5) is 34.1 Å². The molecule has 4 heteroatoms. The van der Waals surface area contributed by atoms with Crippen LogP contribution in [0.5, 0.6) is 0 Å². The Kier molecular flexibility index (Phi) is 6.31. The molecule has 0 atom stereocenters. The highest BCUT2D eigenvalue weighted by Gasteiger charge is 2.19. The zero-order valence-electron chi connectivity index (χ0n) is 21.6. The summed E-state index contributed by atoms with van der Waals surface area (Å²) in [4.78, 5) is 4.55. The van der Waals surface area contributed by atoms with Crippen molar-refractivity contribution in [2.24, 2.45) is 0 Å². The van der Waals surface area contributed by atoms with E-state index >= 15 is 0 Å². The first kappa shape index (κ1) is 24.3. The summed E-state index contributed by atoms with van der Waals surface area (Å²) in [5.41, 5.74) is 8.11. The molecule has 1 heterocycles. The zero-order valence-corrected chi connectivity index (χ0v) is 23.2. The predicted octanol–water partition coefficient (Wildman–Crippen LogP) is 11.3. The van der Waals surface area contributed by atoms with E-state index in [0.29, 0.717) is 0 Å². The lowest BCUT2D eigenvalue weighted by molar-refractivity contribution is 0.669. The van der Waals surface area contributed by atoms with Gasteiger partial charge in [-0.05, 0) is 72.8 Å². The standard InChI is InChI=1S/C36H25BrN2O/c37-26-22-31(38(27-12-4-1-5-13-27)28-14-6-2-7-15-28)24-32(23-26)39(29-16-8-3-9-17-29)30-20-21-34-33-18-10-11-19-35(33)40-36(34)25-30/h1-25H. The highest BCUT2D eigenvalue weighted by molar-refractivity contribution is 9.10. The number of halogens is 1. The average Bonchev–Trinajstić information content (AvgIpc) is 3.37. The van der Waals surface area contributed by atoms with Gasteiger partial charge in [0.15, 0.2) is 0 Å². The molecule has 0 fully saturated rings. The molecule has 7 rings (SSSR count). The molecule has 0 unspecified atom stereocenters. The summed E-state index contributed by atoms with van der Waals surface area (Å²) in [7, 11) is 0. The third kappa shape index (κ3) is 4.53. The number of furan rings is 1. The van der Waals surface area contributed by atoms with Gasteiger partial charge < -0.3 is 14.2 Å². The second kappa shape index (κ2) is 10.4. The fraction of sp³-hybridized carbons (Fsp3) is 0. The van der Waals surface area contributed by atoms with E-state index in [1.807, 2.05) is 30.3 Å². The summed E-state index contributed by atoms with van der Waals surface area (Å²) in [6.45, 7) is 0. The Morgan fingerprint density at radius 1 is 0.375 bits per heavy atom. The van der Waals surface area contributed by atoms with Gasteiger partial charge in [-0.15, -0.1) is 0 Å². The van der Waals surface area contributed by atoms with E-state index in [4.69, 9.17) is 4.42 Å². The number of anilines is 6. The van der Waals surface area contributed by atoms with E-state index in [-0.39, 0.29) is 0 Å². The lowest BCUT2D eigenvalue weighted by atomic mass is 10.1. The van der Waals surface area contributed by atoms with Crippen LogP contribution in [0, 0.1) is 0 Å². The Hall–Kier alpha value is -4.80. The molecule has 1 aromatic heterocycles. The number of rotatable bonds is 6. The summed E-state index contributed by atoms with van der Waals surface area (Å²) in [5, 5.41) is 2.24. The first-order valence-electron chi connectivity index (χ1n) is 13.2. The van der Waals surface area contributed by atoms with Crippen molar-refractivity contribution in [3.63, 3.8) is 0 Å². The van der Waals surface area contributed by atoms with Gasteiger partial charge in [0, 0.05) is 55.4 Å². The van der Waals surface area contributed by atoms with Crippen LogP contribution >= 0.6 is 15.9 Å².